The molecular formula is C11H16N2. The van der Waals surface area contributed by atoms with E-state index < -0.39 is 0 Å². The molecule has 0 unspecified atom stereocenters. The minimum Gasteiger partial charge on any atom is -0.360 e. The van der Waals surface area contributed by atoms with Gasteiger partial charge in [0.2, 0.25) is 0 Å². The maximum atomic E-state index is 4.22. The van der Waals surface area contributed by atoms with Crippen LogP contribution in [-0.4, -0.2) is 11.2 Å². The lowest BCUT2D eigenvalue weighted by Gasteiger charge is -1.87. The highest BCUT2D eigenvalue weighted by Gasteiger charge is 1.84. The van der Waals surface area contributed by atoms with Gasteiger partial charge in [-0.25, -0.2) is 0 Å². The van der Waals surface area contributed by atoms with Gasteiger partial charge in [0.15, 0.2) is 0 Å². The Morgan fingerprint density at radius 3 is 2.85 bits per heavy atom. The number of nitrogens with zero attached hydrogens (tertiary/aromatic N) is 1. The minimum atomic E-state index is 0.500. The molecule has 0 spiro atoms. The van der Waals surface area contributed by atoms with Crippen LogP contribution in [0, 0.1) is 5.92 Å². The molecule has 0 aliphatic carbocycles. The van der Waals surface area contributed by atoms with Crippen molar-refractivity contribution in [3.8, 4) is 0 Å². The molecule has 1 rings (SSSR count). The van der Waals surface area contributed by atoms with E-state index in [-0.39, 0.29) is 0 Å². The third kappa shape index (κ3) is 2.90. The van der Waals surface area contributed by atoms with E-state index in [2.05, 4.69) is 29.9 Å². The third-order valence-electron chi connectivity index (χ3n) is 1.71. The Labute approximate surface area is 78.7 Å². The zero-order chi connectivity index (χ0) is 9.68. The fraction of sp³-hybridized carbons (Fsp3) is 0.364. The first-order valence-corrected chi connectivity index (χ1v) is 4.57. The molecular weight excluding hydrogens is 160 g/mol. The first-order valence-electron chi connectivity index (χ1n) is 4.57. The molecule has 1 N–H and O–H groups in total. The standard InChI is InChI=1S/C11H16N2/c1-4-10-5-6-13-11(10)8-12-7-9(2)3/h4-9,13H,1-3H3/b10-4-,11-8+,12-7?. The summed E-state index contributed by atoms with van der Waals surface area (Å²) in [4.78, 5) is 7.35. The van der Waals surface area contributed by atoms with E-state index in [1.807, 2.05) is 31.6 Å². The minimum absolute atomic E-state index is 0.500. The molecule has 0 saturated heterocycles. The third-order valence-corrected chi connectivity index (χ3v) is 1.71. The number of aromatic nitrogens is 1. The fourth-order valence-corrected chi connectivity index (χ4v) is 1.05. The molecule has 2 nitrogen and oxygen atoms in total. The van der Waals surface area contributed by atoms with Gasteiger partial charge in [-0.2, -0.15) is 0 Å². The van der Waals surface area contributed by atoms with Crippen LogP contribution < -0.4 is 10.6 Å². The number of H-pyrrole nitrogens is 1. The number of nitrogens with one attached hydrogen (secondary N) is 1. The average Bonchev–Trinajstić information content (AvgIpc) is 2.51. The van der Waals surface area contributed by atoms with Gasteiger partial charge >= 0.3 is 0 Å². The highest BCUT2D eigenvalue weighted by molar-refractivity contribution is 5.63. The van der Waals surface area contributed by atoms with Crippen molar-refractivity contribution in [2.24, 2.45) is 10.9 Å². The predicted octanol–water partition coefficient (Wildman–Crippen LogP) is 1.28. The van der Waals surface area contributed by atoms with Crippen LogP contribution in [0.5, 0.6) is 0 Å². The van der Waals surface area contributed by atoms with Crippen LogP contribution in [0.2, 0.25) is 0 Å². The number of aromatic amines is 1. The van der Waals surface area contributed by atoms with Crippen LogP contribution in [0.25, 0.3) is 12.3 Å². The van der Waals surface area contributed by atoms with Crippen molar-refractivity contribution < 1.29 is 0 Å². The molecule has 1 aromatic heterocycles. The maximum Gasteiger partial charge on any atom is 0.0636 e. The average molecular weight is 176 g/mol. The quantitative estimate of drug-likeness (QED) is 0.658. The number of hydrogen-bond donors (Lipinski definition) is 1. The summed E-state index contributed by atoms with van der Waals surface area (Å²) in [6.45, 7) is 6.24. The van der Waals surface area contributed by atoms with Crippen molar-refractivity contribution in [1.82, 2.24) is 4.98 Å². The molecule has 2 heteroatoms. The van der Waals surface area contributed by atoms with Crippen LogP contribution in [0.4, 0.5) is 0 Å². The Kier molecular flexibility index (Phi) is 3.50. The molecule has 70 valence electrons. The number of rotatable bonds is 2. The summed E-state index contributed by atoms with van der Waals surface area (Å²) in [5.41, 5.74) is 0. The number of aliphatic imine (C=N–C) groups is 1. The van der Waals surface area contributed by atoms with E-state index in [0.717, 1.165) is 5.35 Å². The first kappa shape index (κ1) is 9.78. The summed E-state index contributed by atoms with van der Waals surface area (Å²) >= 11 is 0. The zero-order valence-electron chi connectivity index (χ0n) is 8.41. The van der Waals surface area contributed by atoms with Gasteiger partial charge in [0.1, 0.15) is 0 Å². The van der Waals surface area contributed by atoms with Crippen molar-refractivity contribution in [2.45, 2.75) is 20.8 Å². The summed E-state index contributed by atoms with van der Waals surface area (Å²) in [5, 5.41) is 2.26. The Morgan fingerprint density at radius 1 is 1.46 bits per heavy atom. The van der Waals surface area contributed by atoms with Crippen LogP contribution >= 0.6 is 0 Å². The second-order valence-electron chi connectivity index (χ2n) is 3.31. The lowest BCUT2D eigenvalue weighted by molar-refractivity contribution is 0.908. The summed E-state index contributed by atoms with van der Waals surface area (Å²) in [7, 11) is 0. The molecule has 13 heavy (non-hydrogen) atoms. The van der Waals surface area contributed by atoms with Crippen molar-refractivity contribution in [1.29, 1.82) is 0 Å². The maximum absolute atomic E-state index is 4.22. The second kappa shape index (κ2) is 4.65. The second-order valence-corrected chi connectivity index (χ2v) is 3.31. The molecule has 0 amide bonds. The van der Waals surface area contributed by atoms with Gasteiger partial charge in [-0.3, -0.25) is 4.99 Å². The molecule has 1 aromatic rings. The topological polar surface area (TPSA) is 28.1 Å². The van der Waals surface area contributed by atoms with Gasteiger partial charge in [0.05, 0.1) is 11.5 Å². The van der Waals surface area contributed by atoms with Gasteiger partial charge in [-0.05, 0) is 24.1 Å². The van der Waals surface area contributed by atoms with Crippen molar-refractivity contribution in [2.75, 3.05) is 0 Å². The lowest BCUT2D eigenvalue weighted by Crippen LogP contribution is -2.21. The molecule has 0 bridgehead atoms. The largest absolute Gasteiger partial charge is 0.360 e. The predicted molar refractivity (Wildman–Crippen MR) is 58.0 cm³/mol. The Bertz CT molecular complexity index is 382. The SMILES string of the molecule is C/C=c1/cc[nH]/c1=C/N=CC(C)C. The van der Waals surface area contributed by atoms with Crippen LogP contribution in [0.15, 0.2) is 17.3 Å². The molecule has 0 aliphatic heterocycles. The van der Waals surface area contributed by atoms with E-state index in [0.29, 0.717) is 5.92 Å². The Hall–Kier alpha value is -1.31. The Balaban J connectivity index is 2.95. The van der Waals surface area contributed by atoms with E-state index >= 15 is 0 Å². The van der Waals surface area contributed by atoms with Crippen molar-refractivity contribution in [3.05, 3.63) is 22.8 Å². The zero-order valence-corrected chi connectivity index (χ0v) is 8.41. The lowest BCUT2D eigenvalue weighted by atomic mass is 10.2. The molecule has 0 aromatic carbocycles. The van der Waals surface area contributed by atoms with Gasteiger partial charge in [-0.15, -0.1) is 0 Å². The van der Waals surface area contributed by atoms with E-state index in [1.165, 1.54) is 5.22 Å². The molecule has 0 atom stereocenters. The fourth-order valence-electron chi connectivity index (χ4n) is 1.05. The molecule has 0 aliphatic rings. The molecule has 0 radical (unpaired) electrons. The van der Waals surface area contributed by atoms with E-state index in [1.54, 1.807) is 0 Å². The summed E-state index contributed by atoms with van der Waals surface area (Å²) in [6, 6.07) is 2.04. The Morgan fingerprint density at radius 2 is 2.23 bits per heavy atom. The first-order chi connectivity index (χ1) is 6.24. The van der Waals surface area contributed by atoms with Gasteiger partial charge in [-0.1, -0.05) is 19.9 Å². The van der Waals surface area contributed by atoms with Gasteiger partial charge in [0, 0.05) is 12.4 Å². The number of hydrogen-bond acceptors (Lipinski definition) is 1. The summed E-state index contributed by atoms with van der Waals surface area (Å²) in [5.74, 6) is 0.500. The van der Waals surface area contributed by atoms with E-state index in [4.69, 9.17) is 0 Å². The molecule has 0 fully saturated rings. The van der Waals surface area contributed by atoms with Crippen LogP contribution in [-0.2, 0) is 0 Å². The van der Waals surface area contributed by atoms with Crippen LogP contribution in [0.3, 0.4) is 0 Å². The van der Waals surface area contributed by atoms with Crippen LogP contribution in [0.1, 0.15) is 20.8 Å². The van der Waals surface area contributed by atoms with E-state index in [9.17, 15) is 0 Å². The molecule has 1 heterocycles. The van der Waals surface area contributed by atoms with Gasteiger partial charge < -0.3 is 4.98 Å². The summed E-state index contributed by atoms with van der Waals surface area (Å²) in [6.07, 6.45) is 7.77. The highest BCUT2D eigenvalue weighted by Crippen LogP contribution is 1.84. The van der Waals surface area contributed by atoms with Gasteiger partial charge in [0.25, 0.3) is 0 Å². The normalized spacial score (nSPS) is 15.1. The monoisotopic (exact) mass is 176 g/mol. The molecule has 0 saturated carbocycles. The van der Waals surface area contributed by atoms with Crippen molar-refractivity contribution >= 4 is 18.5 Å². The van der Waals surface area contributed by atoms with Crippen molar-refractivity contribution in [3.63, 3.8) is 0 Å². The summed E-state index contributed by atoms with van der Waals surface area (Å²) < 4.78 is 0. The smallest absolute Gasteiger partial charge is 0.0636 e. The highest BCUT2D eigenvalue weighted by atomic mass is 14.7.